The van der Waals surface area contributed by atoms with Crippen molar-refractivity contribution in [1.29, 1.82) is 0 Å². The van der Waals surface area contributed by atoms with Gasteiger partial charge in [0.1, 0.15) is 12.7 Å². The second kappa shape index (κ2) is 6.96. The first kappa shape index (κ1) is 16.3. The molecule has 3 heterocycles. The molecular formula is C19H25N5O. The number of rotatable bonds is 4. The van der Waals surface area contributed by atoms with Gasteiger partial charge in [-0.25, -0.2) is 4.98 Å². The lowest BCUT2D eigenvalue weighted by molar-refractivity contribution is -0.120. The molecule has 6 nitrogen and oxygen atoms in total. The molecule has 2 aliphatic rings. The molecule has 1 saturated heterocycles. The van der Waals surface area contributed by atoms with E-state index in [0.717, 1.165) is 44.5 Å². The number of hydrogen-bond donors (Lipinski definition) is 0. The largest absolute Gasteiger partial charge is 0.308 e. The molecule has 0 N–H and O–H groups in total. The Kier molecular flexibility index (Phi) is 4.53. The van der Waals surface area contributed by atoms with Crippen molar-refractivity contribution in [1.82, 2.24) is 19.7 Å². The topological polar surface area (TPSA) is 54.3 Å². The van der Waals surface area contributed by atoms with Crippen molar-refractivity contribution in [3.63, 3.8) is 0 Å². The monoisotopic (exact) mass is 339 g/mol. The van der Waals surface area contributed by atoms with Crippen molar-refractivity contribution in [2.24, 2.45) is 0 Å². The van der Waals surface area contributed by atoms with Gasteiger partial charge in [0.2, 0.25) is 5.91 Å². The van der Waals surface area contributed by atoms with Crippen LogP contribution in [0, 0.1) is 0 Å². The number of aromatic nitrogens is 3. The van der Waals surface area contributed by atoms with E-state index in [2.05, 4.69) is 40.1 Å². The molecule has 0 saturated carbocycles. The summed E-state index contributed by atoms with van der Waals surface area (Å²) in [5.41, 5.74) is 2.38. The summed E-state index contributed by atoms with van der Waals surface area (Å²) in [6.07, 6.45) is 7.65. The van der Waals surface area contributed by atoms with Crippen molar-refractivity contribution in [3.05, 3.63) is 42.5 Å². The summed E-state index contributed by atoms with van der Waals surface area (Å²) in [5.74, 6) is 0.213. The Labute approximate surface area is 148 Å². The van der Waals surface area contributed by atoms with Gasteiger partial charge < -0.3 is 4.90 Å². The van der Waals surface area contributed by atoms with E-state index in [4.69, 9.17) is 0 Å². The maximum absolute atomic E-state index is 13.1. The summed E-state index contributed by atoms with van der Waals surface area (Å²) < 4.78 is 1.87. The Balaban J connectivity index is 1.48. The van der Waals surface area contributed by atoms with Crippen LogP contribution in [0.2, 0.25) is 0 Å². The first-order valence-corrected chi connectivity index (χ1v) is 9.19. The van der Waals surface area contributed by atoms with Gasteiger partial charge in [-0.1, -0.05) is 18.2 Å². The van der Waals surface area contributed by atoms with Crippen LogP contribution < -0.4 is 4.90 Å². The molecule has 1 fully saturated rings. The lowest BCUT2D eigenvalue weighted by Gasteiger charge is -2.37. The van der Waals surface area contributed by atoms with Crippen LogP contribution in [0.25, 0.3) is 0 Å². The van der Waals surface area contributed by atoms with Crippen LogP contribution in [-0.2, 0) is 17.8 Å². The third kappa shape index (κ3) is 3.31. The number of anilines is 1. The maximum Gasteiger partial charge on any atom is 0.241 e. The summed E-state index contributed by atoms with van der Waals surface area (Å²) in [5, 5.41) is 4.21. The molecule has 6 heteroatoms. The van der Waals surface area contributed by atoms with Crippen molar-refractivity contribution in [2.45, 2.75) is 51.2 Å². The Morgan fingerprint density at radius 3 is 3.00 bits per heavy atom. The van der Waals surface area contributed by atoms with E-state index in [1.54, 1.807) is 12.7 Å². The zero-order chi connectivity index (χ0) is 17.2. The van der Waals surface area contributed by atoms with E-state index < -0.39 is 0 Å². The third-order valence-electron chi connectivity index (χ3n) is 5.49. The van der Waals surface area contributed by atoms with Crippen molar-refractivity contribution in [2.75, 3.05) is 18.0 Å². The van der Waals surface area contributed by atoms with Crippen LogP contribution in [0.15, 0.2) is 36.9 Å². The number of benzene rings is 1. The molecule has 4 rings (SSSR count). The predicted octanol–water partition coefficient (Wildman–Crippen LogP) is 2.11. The molecule has 2 atom stereocenters. The molecule has 0 aliphatic carbocycles. The molecule has 0 unspecified atom stereocenters. The van der Waals surface area contributed by atoms with Crippen molar-refractivity contribution in [3.8, 4) is 0 Å². The Morgan fingerprint density at radius 2 is 2.16 bits per heavy atom. The summed E-state index contributed by atoms with van der Waals surface area (Å²) >= 11 is 0. The van der Waals surface area contributed by atoms with Crippen molar-refractivity contribution < 1.29 is 4.79 Å². The molecule has 0 spiro atoms. The van der Waals surface area contributed by atoms with Gasteiger partial charge >= 0.3 is 0 Å². The number of aryl methyl sites for hydroxylation is 1. The molecule has 1 amide bonds. The van der Waals surface area contributed by atoms with Crippen LogP contribution in [0.1, 0.15) is 31.7 Å². The number of likely N-dealkylation sites (tertiary alicyclic amines) is 1. The number of carbonyl (C=O) groups is 1. The molecular weight excluding hydrogens is 314 g/mol. The number of para-hydroxylation sites is 1. The fourth-order valence-electron chi connectivity index (χ4n) is 4.17. The number of amides is 1. The number of nitrogens with zero attached hydrogens (tertiary/aromatic N) is 5. The van der Waals surface area contributed by atoms with E-state index in [9.17, 15) is 4.79 Å². The van der Waals surface area contributed by atoms with Gasteiger partial charge in [-0.15, -0.1) is 0 Å². The highest BCUT2D eigenvalue weighted by Crippen LogP contribution is 2.31. The smallest absolute Gasteiger partial charge is 0.241 e. The maximum atomic E-state index is 13.1. The quantitative estimate of drug-likeness (QED) is 0.856. The summed E-state index contributed by atoms with van der Waals surface area (Å²) in [7, 11) is 0. The second-order valence-electron chi connectivity index (χ2n) is 7.16. The average molecular weight is 339 g/mol. The minimum Gasteiger partial charge on any atom is -0.308 e. The van der Waals surface area contributed by atoms with E-state index in [-0.39, 0.29) is 11.9 Å². The summed E-state index contributed by atoms with van der Waals surface area (Å²) in [4.78, 5) is 21.5. The average Bonchev–Trinajstić information content (AvgIpc) is 3.27. The number of hydrogen-bond acceptors (Lipinski definition) is 4. The van der Waals surface area contributed by atoms with Gasteiger partial charge in [0.05, 0.1) is 13.1 Å². The molecule has 0 radical (unpaired) electrons. The highest BCUT2D eigenvalue weighted by molar-refractivity contribution is 5.96. The minimum absolute atomic E-state index is 0.213. The Bertz CT molecular complexity index is 729. The van der Waals surface area contributed by atoms with Crippen LogP contribution in [-0.4, -0.2) is 50.7 Å². The molecule has 2 aliphatic heterocycles. The first-order chi connectivity index (χ1) is 12.2. The highest BCUT2D eigenvalue weighted by Gasteiger charge is 2.32. The SMILES string of the molecule is C[C@@H]1CCc2ccccc2N1C(=O)CN1CCC[C@@H]1Cn1cncn1. The van der Waals surface area contributed by atoms with E-state index >= 15 is 0 Å². The zero-order valence-corrected chi connectivity index (χ0v) is 14.7. The van der Waals surface area contributed by atoms with E-state index in [1.165, 1.54) is 5.56 Å². The molecule has 1 aromatic heterocycles. The normalized spacial score (nSPS) is 23.6. The molecule has 25 heavy (non-hydrogen) atoms. The van der Waals surface area contributed by atoms with Crippen LogP contribution in [0.4, 0.5) is 5.69 Å². The van der Waals surface area contributed by atoms with E-state index in [0.29, 0.717) is 12.6 Å². The van der Waals surface area contributed by atoms with Crippen LogP contribution >= 0.6 is 0 Å². The molecule has 132 valence electrons. The number of fused-ring (bicyclic) bond motifs is 1. The van der Waals surface area contributed by atoms with Gasteiger partial charge in [0.25, 0.3) is 0 Å². The van der Waals surface area contributed by atoms with Crippen molar-refractivity contribution >= 4 is 11.6 Å². The van der Waals surface area contributed by atoms with Gasteiger partial charge in [-0.2, -0.15) is 5.10 Å². The fraction of sp³-hybridized carbons (Fsp3) is 0.526. The fourth-order valence-corrected chi connectivity index (χ4v) is 4.17. The molecule has 1 aromatic carbocycles. The van der Waals surface area contributed by atoms with Gasteiger partial charge in [0, 0.05) is 17.8 Å². The zero-order valence-electron chi connectivity index (χ0n) is 14.7. The number of carbonyl (C=O) groups excluding carboxylic acids is 1. The molecule has 2 aromatic rings. The standard InChI is InChI=1S/C19H25N5O/c1-15-8-9-16-5-2-3-7-18(16)24(15)19(25)12-22-10-4-6-17(22)11-23-14-20-13-21-23/h2-3,5,7,13-15,17H,4,6,8-12H2,1H3/t15-,17-/m1/s1. The van der Waals surface area contributed by atoms with E-state index in [1.807, 2.05) is 15.6 Å². The predicted molar refractivity (Wildman–Crippen MR) is 96.3 cm³/mol. The second-order valence-corrected chi connectivity index (χ2v) is 7.16. The van der Waals surface area contributed by atoms with Crippen LogP contribution in [0.5, 0.6) is 0 Å². The van der Waals surface area contributed by atoms with Gasteiger partial charge in [-0.05, 0) is 50.8 Å². The lowest BCUT2D eigenvalue weighted by atomic mass is 9.96. The summed E-state index contributed by atoms with van der Waals surface area (Å²) in [6, 6.07) is 8.94. The molecule has 0 bridgehead atoms. The first-order valence-electron chi connectivity index (χ1n) is 9.19. The van der Waals surface area contributed by atoms with Gasteiger partial charge in [0.15, 0.2) is 0 Å². The van der Waals surface area contributed by atoms with Gasteiger partial charge in [-0.3, -0.25) is 14.4 Å². The highest BCUT2D eigenvalue weighted by atomic mass is 16.2. The van der Waals surface area contributed by atoms with Crippen LogP contribution in [0.3, 0.4) is 0 Å². The lowest BCUT2D eigenvalue weighted by Crippen LogP contribution is -2.48. The Hall–Kier alpha value is -2.21. The summed E-state index contributed by atoms with van der Waals surface area (Å²) in [6.45, 7) is 4.43. The third-order valence-corrected chi connectivity index (χ3v) is 5.49. The minimum atomic E-state index is 0.213. The Morgan fingerprint density at radius 1 is 1.28 bits per heavy atom.